The molecule has 0 radical (unpaired) electrons. The first-order valence-corrected chi connectivity index (χ1v) is 8.79. The van der Waals surface area contributed by atoms with Crippen molar-refractivity contribution in [3.8, 4) is 0 Å². The van der Waals surface area contributed by atoms with Gasteiger partial charge in [0.25, 0.3) is 0 Å². The molecule has 0 aliphatic heterocycles. The van der Waals surface area contributed by atoms with Crippen LogP contribution in [0.1, 0.15) is 31.4 Å². The van der Waals surface area contributed by atoms with E-state index in [0.29, 0.717) is 18.2 Å². The fraction of sp³-hybridized carbons (Fsp3) is 0.438. The summed E-state index contributed by atoms with van der Waals surface area (Å²) in [4.78, 5) is 26.0. The molecule has 0 spiro atoms. The Hall–Kier alpha value is -2.02. The van der Waals surface area contributed by atoms with Gasteiger partial charge in [-0.15, -0.1) is 5.10 Å². The number of thioether (sulfide) groups is 1. The van der Waals surface area contributed by atoms with Gasteiger partial charge in [0.05, 0.1) is 5.75 Å². The zero-order chi connectivity index (χ0) is 16.2. The summed E-state index contributed by atoms with van der Waals surface area (Å²) in [5.74, 6) is 0.344. The predicted octanol–water partition coefficient (Wildman–Crippen LogP) is 2.05. The van der Waals surface area contributed by atoms with Gasteiger partial charge >= 0.3 is 5.69 Å². The third kappa shape index (κ3) is 3.85. The maximum absolute atomic E-state index is 12.4. The van der Waals surface area contributed by atoms with Crippen LogP contribution in [0.2, 0.25) is 0 Å². The maximum atomic E-state index is 12.4. The Morgan fingerprint density at radius 3 is 2.78 bits per heavy atom. The molecule has 6 nitrogen and oxygen atoms in total. The molecule has 23 heavy (non-hydrogen) atoms. The minimum absolute atomic E-state index is 0.0548. The van der Waals surface area contributed by atoms with Crippen molar-refractivity contribution in [2.24, 2.45) is 0 Å². The third-order valence-corrected chi connectivity index (χ3v) is 4.80. The number of carbonyl (C=O) groups is 1. The number of hydrogen-bond donors (Lipinski definition) is 1. The molecular formula is C16H20N4O2S. The van der Waals surface area contributed by atoms with E-state index in [4.69, 9.17) is 0 Å². The molecule has 1 aromatic carbocycles. The number of carbonyl (C=O) groups excluding carboxylic acids is 1. The van der Waals surface area contributed by atoms with Gasteiger partial charge in [0, 0.05) is 19.1 Å². The highest BCUT2D eigenvalue weighted by molar-refractivity contribution is 7.99. The van der Waals surface area contributed by atoms with E-state index in [1.165, 1.54) is 11.8 Å². The number of aromatic nitrogens is 3. The van der Waals surface area contributed by atoms with E-state index >= 15 is 0 Å². The Balaban J connectivity index is 1.60. The zero-order valence-electron chi connectivity index (χ0n) is 13.1. The SMILES string of the molecule is CCN(Cc1ccccc1)C(=O)CSc1n[nH]c(=O)n1C1CC1. The van der Waals surface area contributed by atoms with Gasteiger partial charge in [0.1, 0.15) is 0 Å². The molecular weight excluding hydrogens is 312 g/mol. The fourth-order valence-corrected chi connectivity index (χ4v) is 3.36. The first-order valence-electron chi connectivity index (χ1n) is 7.80. The Morgan fingerprint density at radius 2 is 2.13 bits per heavy atom. The van der Waals surface area contributed by atoms with E-state index in [1.807, 2.05) is 42.2 Å². The summed E-state index contributed by atoms with van der Waals surface area (Å²) in [6.45, 7) is 3.23. The number of amides is 1. The lowest BCUT2D eigenvalue weighted by Gasteiger charge is -2.20. The topological polar surface area (TPSA) is 71.0 Å². The summed E-state index contributed by atoms with van der Waals surface area (Å²) in [5.41, 5.74) is 0.932. The van der Waals surface area contributed by atoms with Gasteiger partial charge in [0.2, 0.25) is 5.91 Å². The summed E-state index contributed by atoms with van der Waals surface area (Å²) in [6.07, 6.45) is 2.02. The monoisotopic (exact) mass is 332 g/mol. The average Bonchev–Trinajstić information content (AvgIpc) is 3.34. The number of rotatable bonds is 7. The second-order valence-corrected chi connectivity index (χ2v) is 6.54. The molecule has 0 saturated heterocycles. The zero-order valence-corrected chi connectivity index (χ0v) is 13.9. The highest BCUT2D eigenvalue weighted by atomic mass is 32.2. The van der Waals surface area contributed by atoms with Crippen molar-refractivity contribution in [1.29, 1.82) is 0 Å². The van der Waals surface area contributed by atoms with Crippen LogP contribution in [0.25, 0.3) is 0 Å². The second kappa shape index (κ2) is 7.04. The Bertz CT molecular complexity index is 721. The van der Waals surface area contributed by atoms with Crippen LogP contribution in [-0.2, 0) is 11.3 Å². The standard InChI is InChI=1S/C16H20N4O2S/c1-2-19(10-12-6-4-3-5-7-12)14(21)11-23-16-18-17-15(22)20(16)13-8-9-13/h3-7,13H,2,8-11H2,1H3,(H,17,22). The van der Waals surface area contributed by atoms with Crippen LogP contribution in [0.15, 0.2) is 40.3 Å². The minimum atomic E-state index is -0.181. The van der Waals surface area contributed by atoms with Crippen LogP contribution in [0, 0.1) is 0 Å². The van der Waals surface area contributed by atoms with Gasteiger partial charge in [-0.25, -0.2) is 9.89 Å². The summed E-state index contributed by atoms with van der Waals surface area (Å²) >= 11 is 1.33. The smallest absolute Gasteiger partial charge is 0.338 e. The predicted molar refractivity (Wildman–Crippen MR) is 89.4 cm³/mol. The lowest BCUT2D eigenvalue weighted by Crippen LogP contribution is -2.31. The van der Waals surface area contributed by atoms with E-state index in [-0.39, 0.29) is 23.4 Å². The molecule has 1 amide bonds. The molecule has 1 aliphatic rings. The molecule has 1 aromatic heterocycles. The second-order valence-electron chi connectivity index (χ2n) is 5.59. The summed E-state index contributed by atoms with van der Waals surface area (Å²) in [7, 11) is 0. The average molecular weight is 332 g/mol. The van der Waals surface area contributed by atoms with Crippen molar-refractivity contribution >= 4 is 17.7 Å². The molecule has 3 rings (SSSR count). The molecule has 122 valence electrons. The van der Waals surface area contributed by atoms with Crippen LogP contribution >= 0.6 is 11.8 Å². The van der Waals surface area contributed by atoms with Crippen molar-refractivity contribution in [2.45, 2.75) is 37.5 Å². The summed E-state index contributed by atoms with van der Waals surface area (Å²) in [6, 6.07) is 10.2. The number of H-pyrrole nitrogens is 1. The fourth-order valence-electron chi connectivity index (χ4n) is 2.44. The molecule has 0 atom stereocenters. The third-order valence-electron chi connectivity index (χ3n) is 3.86. The van der Waals surface area contributed by atoms with Gasteiger partial charge in [-0.3, -0.25) is 9.36 Å². The van der Waals surface area contributed by atoms with Gasteiger partial charge in [-0.1, -0.05) is 42.1 Å². The Morgan fingerprint density at radius 1 is 1.39 bits per heavy atom. The summed E-state index contributed by atoms with van der Waals surface area (Å²) < 4.78 is 1.67. The first-order chi connectivity index (χ1) is 11.2. The van der Waals surface area contributed by atoms with E-state index in [1.54, 1.807) is 4.57 Å². The van der Waals surface area contributed by atoms with Crippen LogP contribution in [0.5, 0.6) is 0 Å². The van der Waals surface area contributed by atoms with Gasteiger partial charge < -0.3 is 4.90 Å². The van der Waals surface area contributed by atoms with E-state index in [2.05, 4.69) is 10.2 Å². The normalized spacial score (nSPS) is 14.0. The lowest BCUT2D eigenvalue weighted by atomic mass is 10.2. The molecule has 1 aliphatic carbocycles. The summed E-state index contributed by atoms with van der Waals surface area (Å²) in [5, 5.41) is 7.13. The molecule has 7 heteroatoms. The van der Waals surface area contributed by atoms with Crippen molar-refractivity contribution in [1.82, 2.24) is 19.7 Å². The van der Waals surface area contributed by atoms with Crippen LogP contribution in [0.4, 0.5) is 0 Å². The van der Waals surface area contributed by atoms with Crippen molar-refractivity contribution in [3.05, 3.63) is 46.4 Å². The minimum Gasteiger partial charge on any atom is -0.338 e. The first kappa shape index (κ1) is 15.9. The number of aromatic amines is 1. The van der Waals surface area contributed by atoms with Gasteiger partial charge in [0.15, 0.2) is 5.16 Å². The molecule has 1 fully saturated rings. The van der Waals surface area contributed by atoms with Crippen molar-refractivity contribution in [2.75, 3.05) is 12.3 Å². The van der Waals surface area contributed by atoms with E-state index < -0.39 is 0 Å². The molecule has 1 saturated carbocycles. The van der Waals surface area contributed by atoms with Gasteiger partial charge in [-0.2, -0.15) is 0 Å². The molecule has 1 heterocycles. The Kier molecular flexibility index (Phi) is 4.85. The molecule has 1 N–H and O–H groups in total. The highest BCUT2D eigenvalue weighted by Gasteiger charge is 2.29. The largest absolute Gasteiger partial charge is 0.344 e. The number of nitrogens with one attached hydrogen (secondary N) is 1. The van der Waals surface area contributed by atoms with Crippen molar-refractivity contribution < 1.29 is 4.79 Å². The Labute approximate surface area is 138 Å². The lowest BCUT2D eigenvalue weighted by molar-refractivity contribution is -0.128. The molecule has 2 aromatic rings. The van der Waals surface area contributed by atoms with Crippen LogP contribution < -0.4 is 5.69 Å². The quantitative estimate of drug-likeness (QED) is 0.788. The number of hydrogen-bond acceptors (Lipinski definition) is 4. The number of benzene rings is 1. The maximum Gasteiger partial charge on any atom is 0.344 e. The van der Waals surface area contributed by atoms with Crippen LogP contribution in [-0.4, -0.2) is 37.9 Å². The van der Waals surface area contributed by atoms with E-state index in [9.17, 15) is 9.59 Å². The van der Waals surface area contributed by atoms with Crippen molar-refractivity contribution in [3.63, 3.8) is 0 Å². The van der Waals surface area contributed by atoms with Crippen LogP contribution in [0.3, 0.4) is 0 Å². The molecule has 0 bridgehead atoms. The highest BCUT2D eigenvalue weighted by Crippen LogP contribution is 2.36. The van der Waals surface area contributed by atoms with Gasteiger partial charge in [-0.05, 0) is 25.3 Å². The van der Waals surface area contributed by atoms with E-state index in [0.717, 1.165) is 18.4 Å². The molecule has 0 unspecified atom stereocenters. The number of nitrogens with zero attached hydrogens (tertiary/aromatic N) is 3.